The van der Waals surface area contributed by atoms with Crippen LogP contribution >= 0.6 is 0 Å². The van der Waals surface area contributed by atoms with Gasteiger partial charge in [0.25, 0.3) is 10.0 Å². The summed E-state index contributed by atoms with van der Waals surface area (Å²) in [7, 11) is -3.85. The molecule has 0 saturated heterocycles. The Balaban J connectivity index is 1.90. The maximum atomic E-state index is 12.2. The van der Waals surface area contributed by atoms with Gasteiger partial charge in [-0.1, -0.05) is 49.4 Å². The number of hydrogen-bond acceptors (Lipinski definition) is 5. The van der Waals surface area contributed by atoms with E-state index < -0.39 is 15.9 Å². The molecule has 0 aliphatic carbocycles. The van der Waals surface area contributed by atoms with Crippen LogP contribution in [0.1, 0.15) is 37.4 Å². The zero-order valence-electron chi connectivity index (χ0n) is 14.5. The number of carbonyl (C=O) groups excluding carboxylic acids is 1. The average Bonchev–Trinajstić information content (AvgIpc) is 3.03. The number of rotatable bonds is 5. The Kier molecular flexibility index (Phi) is 5.11. The van der Waals surface area contributed by atoms with Crippen LogP contribution in [0.4, 0.5) is 0 Å². The SMILES string of the molecule is CCC(=O)NS(=O)(=O)c1ccc(C2=C(C)ONC2c2ccccc2)cc1. The lowest BCUT2D eigenvalue weighted by Gasteiger charge is -2.14. The van der Waals surface area contributed by atoms with Crippen LogP contribution in [-0.2, 0) is 19.7 Å². The third kappa shape index (κ3) is 3.63. The Morgan fingerprint density at radius 3 is 2.38 bits per heavy atom. The van der Waals surface area contributed by atoms with E-state index in [2.05, 4.69) is 5.48 Å². The van der Waals surface area contributed by atoms with E-state index in [4.69, 9.17) is 4.84 Å². The monoisotopic (exact) mass is 372 g/mol. The summed E-state index contributed by atoms with van der Waals surface area (Å²) in [4.78, 5) is 16.9. The van der Waals surface area contributed by atoms with Crippen molar-refractivity contribution in [3.8, 4) is 0 Å². The molecule has 0 radical (unpaired) electrons. The van der Waals surface area contributed by atoms with Crippen LogP contribution < -0.4 is 10.2 Å². The van der Waals surface area contributed by atoms with E-state index in [1.54, 1.807) is 19.1 Å². The molecule has 7 heteroatoms. The zero-order chi connectivity index (χ0) is 18.7. The van der Waals surface area contributed by atoms with Crippen molar-refractivity contribution in [2.24, 2.45) is 0 Å². The van der Waals surface area contributed by atoms with Crippen LogP contribution in [-0.4, -0.2) is 14.3 Å². The van der Waals surface area contributed by atoms with Crippen LogP contribution in [0.2, 0.25) is 0 Å². The van der Waals surface area contributed by atoms with Crippen LogP contribution in [0.25, 0.3) is 5.57 Å². The van der Waals surface area contributed by atoms with Crippen molar-refractivity contribution >= 4 is 21.5 Å². The van der Waals surface area contributed by atoms with Gasteiger partial charge in [-0.2, -0.15) is 0 Å². The fourth-order valence-electron chi connectivity index (χ4n) is 2.81. The molecule has 1 heterocycles. The lowest BCUT2D eigenvalue weighted by Crippen LogP contribution is -2.29. The molecule has 0 fully saturated rings. The first-order chi connectivity index (χ1) is 12.4. The van der Waals surface area contributed by atoms with Crippen molar-refractivity contribution in [1.82, 2.24) is 10.2 Å². The van der Waals surface area contributed by atoms with Gasteiger partial charge in [0.1, 0.15) is 5.76 Å². The van der Waals surface area contributed by atoms with Gasteiger partial charge in [0.2, 0.25) is 5.91 Å². The van der Waals surface area contributed by atoms with Gasteiger partial charge in [0.05, 0.1) is 10.9 Å². The lowest BCUT2D eigenvalue weighted by atomic mass is 9.93. The van der Waals surface area contributed by atoms with Crippen LogP contribution in [0, 0.1) is 0 Å². The number of sulfonamides is 1. The Bertz CT molecular complexity index is 935. The Hall–Kier alpha value is -2.64. The van der Waals surface area contributed by atoms with Gasteiger partial charge in [0, 0.05) is 12.0 Å². The van der Waals surface area contributed by atoms with Gasteiger partial charge in [-0.15, -0.1) is 5.48 Å². The van der Waals surface area contributed by atoms with Crippen LogP contribution in [0.5, 0.6) is 0 Å². The standard InChI is InChI=1S/C19H20N2O4S/c1-3-17(22)21-26(23,24)16-11-9-14(10-12-16)18-13(2)25-20-19(18)15-7-5-4-6-8-15/h4-12,19-20H,3H2,1-2H3,(H,21,22). The molecule has 2 N–H and O–H groups in total. The van der Waals surface area contributed by atoms with E-state index in [1.807, 2.05) is 42.0 Å². The second-order valence-electron chi connectivity index (χ2n) is 5.94. The third-order valence-corrected chi connectivity index (χ3v) is 5.56. The number of allylic oxidation sites excluding steroid dienone is 1. The summed E-state index contributed by atoms with van der Waals surface area (Å²) < 4.78 is 26.4. The molecule has 0 aromatic heterocycles. The molecule has 0 bridgehead atoms. The van der Waals surface area contributed by atoms with E-state index in [-0.39, 0.29) is 17.4 Å². The second-order valence-corrected chi connectivity index (χ2v) is 7.62. The van der Waals surface area contributed by atoms with Crippen LogP contribution in [0.15, 0.2) is 65.3 Å². The van der Waals surface area contributed by atoms with Crippen molar-refractivity contribution in [2.75, 3.05) is 0 Å². The molecule has 136 valence electrons. The topological polar surface area (TPSA) is 84.5 Å². The molecule has 1 aliphatic heterocycles. The van der Waals surface area contributed by atoms with Crippen molar-refractivity contribution < 1.29 is 18.0 Å². The molecule has 2 aromatic rings. The fraction of sp³-hybridized carbons (Fsp3) is 0.211. The van der Waals surface area contributed by atoms with Gasteiger partial charge in [-0.05, 0) is 30.2 Å². The molecule has 1 amide bonds. The summed E-state index contributed by atoms with van der Waals surface area (Å²) in [5.74, 6) is 0.193. The zero-order valence-corrected chi connectivity index (χ0v) is 15.3. The molecule has 26 heavy (non-hydrogen) atoms. The lowest BCUT2D eigenvalue weighted by molar-refractivity contribution is -0.119. The fourth-order valence-corrected chi connectivity index (χ4v) is 3.87. The molecule has 6 nitrogen and oxygen atoms in total. The smallest absolute Gasteiger partial charge is 0.264 e. The summed E-state index contributed by atoms with van der Waals surface area (Å²) in [5, 5.41) is 0. The molecular formula is C19H20N2O4S. The third-order valence-electron chi connectivity index (χ3n) is 4.18. The number of carbonyl (C=O) groups is 1. The maximum absolute atomic E-state index is 12.2. The number of nitrogens with one attached hydrogen (secondary N) is 2. The highest BCUT2D eigenvalue weighted by molar-refractivity contribution is 7.90. The summed E-state index contributed by atoms with van der Waals surface area (Å²) in [5.41, 5.74) is 5.84. The molecule has 1 unspecified atom stereocenters. The highest BCUT2D eigenvalue weighted by Crippen LogP contribution is 2.37. The maximum Gasteiger partial charge on any atom is 0.264 e. The van der Waals surface area contributed by atoms with E-state index in [0.29, 0.717) is 0 Å². The van der Waals surface area contributed by atoms with Crippen molar-refractivity contribution in [3.05, 3.63) is 71.5 Å². The summed E-state index contributed by atoms with van der Waals surface area (Å²) in [6, 6.07) is 16.1. The molecule has 0 spiro atoms. The molecule has 1 aliphatic rings. The van der Waals surface area contributed by atoms with Gasteiger partial charge >= 0.3 is 0 Å². The number of hydrogen-bond donors (Lipinski definition) is 2. The van der Waals surface area contributed by atoms with Gasteiger partial charge in [0.15, 0.2) is 0 Å². The molecular weight excluding hydrogens is 352 g/mol. The minimum atomic E-state index is -3.85. The highest BCUT2D eigenvalue weighted by atomic mass is 32.2. The first-order valence-electron chi connectivity index (χ1n) is 8.26. The molecule has 3 rings (SSSR count). The number of amides is 1. The number of hydroxylamine groups is 1. The Labute approximate surface area is 152 Å². The average molecular weight is 372 g/mol. The van der Waals surface area contributed by atoms with E-state index in [9.17, 15) is 13.2 Å². The molecule has 1 atom stereocenters. The summed E-state index contributed by atoms with van der Waals surface area (Å²) in [6.45, 7) is 3.46. The van der Waals surface area contributed by atoms with Crippen molar-refractivity contribution in [1.29, 1.82) is 0 Å². The highest BCUT2D eigenvalue weighted by Gasteiger charge is 2.28. The van der Waals surface area contributed by atoms with E-state index >= 15 is 0 Å². The molecule has 0 saturated carbocycles. The Morgan fingerprint density at radius 1 is 1.12 bits per heavy atom. The first-order valence-corrected chi connectivity index (χ1v) is 9.75. The van der Waals surface area contributed by atoms with Crippen LogP contribution in [0.3, 0.4) is 0 Å². The quantitative estimate of drug-likeness (QED) is 0.843. The minimum absolute atomic E-state index is 0.0458. The summed E-state index contributed by atoms with van der Waals surface area (Å²) in [6.07, 6.45) is 0.102. The van der Waals surface area contributed by atoms with Gasteiger partial charge < -0.3 is 4.84 Å². The first kappa shape index (κ1) is 18.2. The Morgan fingerprint density at radius 2 is 1.77 bits per heavy atom. The number of benzene rings is 2. The predicted octanol–water partition coefficient (Wildman–Crippen LogP) is 2.91. The second kappa shape index (κ2) is 7.31. The van der Waals surface area contributed by atoms with E-state index in [1.165, 1.54) is 12.1 Å². The minimum Gasteiger partial charge on any atom is -0.412 e. The normalized spacial score (nSPS) is 17.1. The van der Waals surface area contributed by atoms with E-state index in [0.717, 1.165) is 22.5 Å². The molecule has 2 aromatic carbocycles. The van der Waals surface area contributed by atoms with Crippen molar-refractivity contribution in [3.63, 3.8) is 0 Å². The van der Waals surface area contributed by atoms with Gasteiger partial charge in [-0.25, -0.2) is 13.1 Å². The summed E-state index contributed by atoms with van der Waals surface area (Å²) >= 11 is 0. The van der Waals surface area contributed by atoms with Gasteiger partial charge in [-0.3, -0.25) is 4.79 Å². The largest absolute Gasteiger partial charge is 0.412 e. The predicted molar refractivity (Wildman–Crippen MR) is 98.1 cm³/mol. The van der Waals surface area contributed by atoms with Crippen molar-refractivity contribution in [2.45, 2.75) is 31.2 Å².